The second-order valence-electron chi connectivity index (χ2n) is 5.97. The zero-order valence-electron chi connectivity index (χ0n) is 14.0. The number of rotatable bonds is 5. The number of nitrogens with zero attached hydrogens (tertiary/aromatic N) is 2. The number of carbonyl (C=O) groups is 1. The highest BCUT2D eigenvalue weighted by atomic mass is 35.5. The Hall–Kier alpha value is -2.60. The van der Waals surface area contributed by atoms with Crippen LogP contribution in [0.1, 0.15) is 30.2 Å². The molecule has 0 spiro atoms. The summed E-state index contributed by atoms with van der Waals surface area (Å²) in [6.45, 7) is 4.56. The molecule has 0 saturated heterocycles. The van der Waals surface area contributed by atoms with E-state index in [1.165, 1.54) is 0 Å². The first-order valence-electron chi connectivity index (χ1n) is 8.11. The van der Waals surface area contributed by atoms with Crippen molar-refractivity contribution in [2.45, 2.75) is 32.9 Å². The molecule has 2 N–H and O–H groups in total. The van der Waals surface area contributed by atoms with Gasteiger partial charge < -0.3 is 14.9 Å². The van der Waals surface area contributed by atoms with Crippen molar-refractivity contribution < 1.29 is 4.79 Å². The second-order valence-corrected chi connectivity index (χ2v) is 6.40. The molecule has 130 valence electrons. The van der Waals surface area contributed by atoms with Gasteiger partial charge in [0.2, 0.25) is 0 Å². The summed E-state index contributed by atoms with van der Waals surface area (Å²) in [5, 5.41) is 4.52. The average molecular weight is 359 g/mol. The Morgan fingerprint density at radius 3 is 2.96 bits per heavy atom. The molecule has 2 aromatic heterocycles. The number of fused-ring (bicyclic) bond motifs is 1. The van der Waals surface area contributed by atoms with E-state index in [0.717, 1.165) is 12.2 Å². The summed E-state index contributed by atoms with van der Waals surface area (Å²) < 4.78 is 2.01. The minimum atomic E-state index is -0.333. The highest BCUT2D eigenvalue weighted by molar-refractivity contribution is 6.31. The molecular formula is C18H19ClN4O2. The van der Waals surface area contributed by atoms with E-state index in [4.69, 9.17) is 11.6 Å². The highest BCUT2D eigenvalue weighted by Gasteiger charge is 2.14. The van der Waals surface area contributed by atoms with E-state index in [1.54, 1.807) is 30.5 Å². The number of carbonyl (C=O) groups excluding carboxylic acids is 1. The maximum Gasteiger partial charge on any atom is 0.268 e. The Kier molecular flexibility index (Phi) is 4.90. The number of amides is 1. The van der Waals surface area contributed by atoms with Crippen LogP contribution in [0.15, 0.2) is 41.5 Å². The molecule has 3 rings (SSSR count). The van der Waals surface area contributed by atoms with Crippen LogP contribution in [0.3, 0.4) is 0 Å². The number of hydrogen-bond donors (Lipinski definition) is 2. The second kappa shape index (κ2) is 7.11. The van der Waals surface area contributed by atoms with Crippen molar-refractivity contribution in [3.05, 3.63) is 63.6 Å². The normalized spacial score (nSPS) is 12.3. The van der Waals surface area contributed by atoms with Gasteiger partial charge in [-0.05, 0) is 30.5 Å². The number of H-pyrrole nitrogens is 1. The van der Waals surface area contributed by atoms with Gasteiger partial charge in [0.25, 0.3) is 11.5 Å². The summed E-state index contributed by atoms with van der Waals surface area (Å²) >= 11 is 5.91. The molecule has 0 bridgehead atoms. The molecule has 0 aliphatic rings. The van der Waals surface area contributed by atoms with Gasteiger partial charge in [0.1, 0.15) is 11.5 Å². The number of nitrogens with one attached hydrogen (secondary N) is 2. The summed E-state index contributed by atoms with van der Waals surface area (Å²) in [5.74, 6) is 0.650. The molecule has 0 aliphatic carbocycles. The Morgan fingerprint density at radius 2 is 2.20 bits per heavy atom. The van der Waals surface area contributed by atoms with Gasteiger partial charge in [0, 0.05) is 41.8 Å². The van der Waals surface area contributed by atoms with E-state index < -0.39 is 0 Å². The summed E-state index contributed by atoms with van der Waals surface area (Å²) in [6, 6.07) is 6.55. The number of pyridine rings is 1. The van der Waals surface area contributed by atoms with Crippen molar-refractivity contribution in [1.29, 1.82) is 0 Å². The van der Waals surface area contributed by atoms with Crippen LogP contribution >= 0.6 is 11.6 Å². The molecular weight excluding hydrogens is 340 g/mol. The lowest BCUT2D eigenvalue weighted by molar-refractivity contribution is 0.0931. The maximum absolute atomic E-state index is 12.5. The van der Waals surface area contributed by atoms with Crippen LogP contribution < -0.4 is 10.9 Å². The van der Waals surface area contributed by atoms with Crippen LogP contribution in [0, 0.1) is 0 Å². The van der Waals surface area contributed by atoms with Gasteiger partial charge in [-0.2, -0.15) is 0 Å². The maximum atomic E-state index is 12.5. The van der Waals surface area contributed by atoms with Crippen LogP contribution in [-0.2, 0) is 13.0 Å². The van der Waals surface area contributed by atoms with Gasteiger partial charge in [-0.25, -0.2) is 4.98 Å². The Morgan fingerprint density at radius 1 is 1.40 bits per heavy atom. The number of hydrogen-bond acceptors (Lipinski definition) is 3. The molecule has 0 fully saturated rings. The molecule has 7 heteroatoms. The summed E-state index contributed by atoms with van der Waals surface area (Å²) in [4.78, 5) is 31.5. The van der Waals surface area contributed by atoms with Crippen molar-refractivity contribution in [1.82, 2.24) is 19.9 Å². The van der Waals surface area contributed by atoms with E-state index in [1.807, 2.05) is 24.6 Å². The van der Waals surface area contributed by atoms with Gasteiger partial charge in [0.15, 0.2) is 0 Å². The van der Waals surface area contributed by atoms with E-state index in [0.29, 0.717) is 22.3 Å². The molecule has 1 atom stereocenters. The summed E-state index contributed by atoms with van der Waals surface area (Å²) in [6.07, 6.45) is 4.47. The van der Waals surface area contributed by atoms with E-state index in [9.17, 15) is 9.59 Å². The molecule has 1 aromatic carbocycles. The fourth-order valence-corrected chi connectivity index (χ4v) is 2.99. The van der Waals surface area contributed by atoms with E-state index in [2.05, 4.69) is 15.3 Å². The third-order valence-corrected chi connectivity index (χ3v) is 4.25. The SMILES string of the molecule is CCc1nccn1CC(C)NC(=O)c1cc2ccc(Cl)cc2c(=O)[nH]1. The number of imidazole rings is 1. The van der Waals surface area contributed by atoms with E-state index >= 15 is 0 Å². The average Bonchev–Trinajstić information content (AvgIpc) is 3.02. The molecule has 0 radical (unpaired) electrons. The largest absolute Gasteiger partial charge is 0.347 e. The smallest absolute Gasteiger partial charge is 0.268 e. The van der Waals surface area contributed by atoms with Crippen molar-refractivity contribution in [3.63, 3.8) is 0 Å². The molecule has 0 aliphatic heterocycles. The standard InChI is InChI=1S/C18H19ClN4O2/c1-3-16-20-6-7-23(16)10-11(2)21-18(25)15-8-12-4-5-13(19)9-14(12)17(24)22-15/h4-9,11H,3,10H2,1-2H3,(H,21,25)(H,22,24). The first-order valence-corrected chi connectivity index (χ1v) is 8.49. The molecule has 6 nitrogen and oxygen atoms in total. The topological polar surface area (TPSA) is 79.8 Å². The third-order valence-electron chi connectivity index (χ3n) is 4.02. The first kappa shape index (κ1) is 17.2. The minimum Gasteiger partial charge on any atom is -0.347 e. The number of halogens is 1. The lowest BCUT2D eigenvalue weighted by atomic mass is 10.1. The molecule has 0 saturated carbocycles. The predicted molar refractivity (Wildman–Crippen MR) is 98.1 cm³/mol. The highest BCUT2D eigenvalue weighted by Crippen LogP contribution is 2.16. The lowest BCUT2D eigenvalue weighted by Crippen LogP contribution is -2.37. The van der Waals surface area contributed by atoms with Gasteiger partial charge in [-0.15, -0.1) is 0 Å². The zero-order chi connectivity index (χ0) is 18.0. The number of benzene rings is 1. The fraction of sp³-hybridized carbons (Fsp3) is 0.278. The quantitative estimate of drug-likeness (QED) is 0.736. The minimum absolute atomic E-state index is 0.114. The number of aromatic nitrogens is 3. The number of aromatic amines is 1. The van der Waals surface area contributed by atoms with Crippen LogP contribution in [0.5, 0.6) is 0 Å². The molecule has 2 heterocycles. The van der Waals surface area contributed by atoms with Gasteiger partial charge in [-0.1, -0.05) is 24.6 Å². The predicted octanol–water partition coefficient (Wildman–Crippen LogP) is 2.76. The van der Waals surface area contributed by atoms with Crippen LogP contribution in [0.2, 0.25) is 5.02 Å². The van der Waals surface area contributed by atoms with Crippen LogP contribution in [0.25, 0.3) is 10.8 Å². The lowest BCUT2D eigenvalue weighted by Gasteiger charge is -2.16. The van der Waals surface area contributed by atoms with Crippen LogP contribution in [-0.4, -0.2) is 26.5 Å². The molecule has 1 unspecified atom stereocenters. The number of aryl methyl sites for hydroxylation is 1. The van der Waals surface area contributed by atoms with Crippen molar-refractivity contribution in [2.24, 2.45) is 0 Å². The molecule has 1 amide bonds. The molecule has 3 aromatic rings. The first-order chi connectivity index (χ1) is 12.0. The Balaban J connectivity index is 1.78. The summed E-state index contributed by atoms with van der Waals surface area (Å²) in [7, 11) is 0. The van der Waals surface area contributed by atoms with Crippen molar-refractivity contribution >= 4 is 28.3 Å². The fourth-order valence-electron chi connectivity index (χ4n) is 2.82. The van der Waals surface area contributed by atoms with Crippen LogP contribution in [0.4, 0.5) is 0 Å². The van der Waals surface area contributed by atoms with Crippen molar-refractivity contribution in [2.75, 3.05) is 0 Å². The monoisotopic (exact) mass is 358 g/mol. The van der Waals surface area contributed by atoms with Gasteiger partial charge >= 0.3 is 0 Å². The van der Waals surface area contributed by atoms with Gasteiger partial charge in [0.05, 0.1) is 0 Å². The zero-order valence-corrected chi connectivity index (χ0v) is 14.8. The Bertz CT molecular complexity index is 977. The van der Waals surface area contributed by atoms with Crippen molar-refractivity contribution in [3.8, 4) is 0 Å². The van der Waals surface area contributed by atoms with E-state index in [-0.39, 0.29) is 23.2 Å². The molecule has 25 heavy (non-hydrogen) atoms. The summed E-state index contributed by atoms with van der Waals surface area (Å²) in [5.41, 5.74) is -0.103. The Labute approximate surface area is 149 Å². The third kappa shape index (κ3) is 3.74. The van der Waals surface area contributed by atoms with Gasteiger partial charge in [-0.3, -0.25) is 9.59 Å².